The minimum absolute atomic E-state index is 0.0539. The minimum atomic E-state index is -0.247. The molecule has 1 atom stereocenters. The quantitative estimate of drug-likeness (QED) is 0.812. The molecule has 0 saturated carbocycles. The van der Waals surface area contributed by atoms with E-state index in [9.17, 15) is 9.50 Å². The van der Waals surface area contributed by atoms with Crippen molar-refractivity contribution in [1.82, 2.24) is 0 Å². The van der Waals surface area contributed by atoms with Crippen LogP contribution in [0.5, 0.6) is 0 Å². The summed E-state index contributed by atoms with van der Waals surface area (Å²) in [6, 6.07) is 5.12. The molecule has 0 aliphatic carbocycles. The van der Waals surface area contributed by atoms with Crippen LogP contribution in [0.1, 0.15) is 18.4 Å². The maximum atomic E-state index is 13.8. The normalized spacial score (nSPS) is 20.4. The lowest BCUT2D eigenvalue weighted by Gasteiger charge is -2.25. The molecule has 1 aromatic rings. The maximum Gasteiger partial charge on any atom is 0.146 e. The van der Waals surface area contributed by atoms with Crippen molar-refractivity contribution in [2.75, 3.05) is 18.1 Å². The third-order valence-electron chi connectivity index (χ3n) is 3.15. The summed E-state index contributed by atoms with van der Waals surface area (Å²) in [5.74, 6) is -0.247. The highest BCUT2D eigenvalue weighted by Crippen LogP contribution is 2.28. The molecule has 1 aliphatic heterocycles. The number of aliphatic hydroxyl groups excluding tert-OH is 1. The van der Waals surface area contributed by atoms with Gasteiger partial charge in [0.2, 0.25) is 0 Å². The van der Waals surface area contributed by atoms with Crippen molar-refractivity contribution < 1.29 is 9.50 Å². The number of nitrogens with zero attached hydrogens (tertiary/aromatic N) is 1. The average molecular weight is 224 g/mol. The third-order valence-corrected chi connectivity index (χ3v) is 3.15. The van der Waals surface area contributed by atoms with E-state index in [1.807, 2.05) is 11.0 Å². The molecule has 2 rings (SSSR count). The van der Waals surface area contributed by atoms with Gasteiger partial charge in [-0.2, -0.15) is 0 Å². The smallest absolute Gasteiger partial charge is 0.146 e. The standard InChI is InChI=1S/C12H17FN2O/c13-11-6-9(7-14)3-4-12(11)15-5-1-2-10(15)8-16/h3-4,6,10,16H,1-2,5,7-8,14H2. The molecule has 3 nitrogen and oxygen atoms in total. The van der Waals surface area contributed by atoms with E-state index in [1.54, 1.807) is 6.07 Å². The van der Waals surface area contributed by atoms with E-state index in [0.717, 1.165) is 24.9 Å². The minimum Gasteiger partial charge on any atom is -0.394 e. The largest absolute Gasteiger partial charge is 0.394 e. The van der Waals surface area contributed by atoms with Crippen molar-refractivity contribution in [3.05, 3.63) is 29.6 Å². The number of anilines is 1. The van der Waals surface area contributed by atoms with Gasteiger partial charge in [0.1, 0.15) is 5.82 Å². The van der Waals surface area contributed by atoms with Gasteiger partial charge in [-0.25, -0.2) is 4.39 Å². The van der Waals surface area contributed by atoms with Gasteiger partial charge in [-0.15, -0.1) is 0 Å². The van der Waals surface area contributed by atoms with Gasteiger partial charge in [0.25, 0.3) is 0 Å². The van der Waals surface area contributed by atoms with Crippen LogP contribution in [0.15, 0.2) is 18.2 Å². The molecule has 16 heavy (non-hydrogen) atoms. The average Bonchev–Trinajstić information content (AvgIpc) is 2.76. The van der Waals surface area contributed by atoms with E-state index in [1.165, 1.54) is 6.07 Å². The molecule has 0 aromatic heterocycles. The molecule has 1 fully saturated rings. The van der Waals surface area contributed by atoms with Crippen molar-refractivity contribution in [1.29, 1.82) is 0 Å². The van der Waals surface area contributed by atoms with E-state index < -0.39 is 0 Å². The lowest BCUT2D eigenvalue weighted by molar-refractivity contribution is 0.266. The molecule has 0 amide bonds. The molecule has 0 radical (unpaired) electrons. The molecule has 1 heterocycles. The van der Waals surface area contributed by atoms with Crippen LogP contribution in [0.2, 0.25) is 0 Å². The summed E-state index contributed by atoms with van der Waals surface area (Å²) in [5, 5.41) is 9.21. The molecule has 3 N–H and O–H groups in total. The van der Waals surface area contributed by atoms with Crippen LogP contribution < -0.4 is 10.6 Å². The van der Waals surface area contributed by atoms with Crippen LogP contribution in [-0.2, 0) is 6.54 Å². The molecular formula is C12H17FN2O. The lowest BCUT2D eigenvalue weighted by Crippen LogP contribution is -2.32. The fraction of sp³-hybridized carbons (Fsp3) is 0.500. The Hall–Kier alpha value is -1.13. The monoisotopic (exact) mass is 224 g/mol. The van der Waals surface area contributed by atoms with Crippen molar-refractivity contribution in [3.8, 4) is 0 Å². The molecule has 88 valence electrons. The van der Waals surface area contributed by atoms with Gasteiger partial charge >= 0.3 is 0 Å². The zero-order valence-corrected chi connectivity index (χ0v) is 9.19. The molecular weight excluding hydrogens is 207 g/mol. The second kappa shape index (κ2) is 4.80. The van der Waals surface area contributed by atoms with Crippen LogP contribution >= 0.6 is 0 Å². The van der Waals surface area contributed by atoms with Crippen LogP contribution in [0.25, 0.3) is 0 Å². The summed E-state index contributed by atoms with van der Waals surface area (Å²) in [5.41, 5.74) is 6.83. The number of nitrogens with two attached hydrogens (primary N) is 1. The van der Waals surface area contributed by atoms with Gasteiger partial charge in [0.15, 0.2) is 0 Å². The molecule has 0 spiro atoms. The highest BCUT2D eigenvalue weighted by atomic mass is 19.1. The van der Waals surface area contributed by atoms with E-state index in [-0.39, 0.29) is 18.5 Å². The van der Waals surface area contributed by atoms with Crippen molar-refractivity contribution >= 4 is 5.69 Å². The Bertz CT molecular complexity index is 370. The Morgan fingerprint density at radius 1 is 1.50 bits per heavy atom. The van der Waals surface area contributed by atoms with Gasteiger partial charge in [-0.1, -0.05) is 6.07 Å². The fourth-order valence-electron chi connectivity index (χ4n) is 2.25. The lowest BCUT2D eigenvalue weighted by atomic mass is 10.1. The highest BCUT2D eigenvalue weighted by molar-refractivity contribution is 5.51. The number of hydrogen-bond donors (Lipinski definition) is 2. The Balaban J connectivity index is 2.26. The number of rotatable bonds is 3. The summed E-state index contributed by atoms with van der Waals surface area (Å²) in [6.07, 6.45) is 1.93. The van der Waals surface area contributed by atoms with Gasteiger partial charge in [-0.05, 0) is 30.5 Å². The Labute approximate surface area is 94.7 Å². The zero-order valence-electron chi connectivity index (χ0n) is 9.19. The van der Waals surface area contributed by atoms with E-state index in [0.29, 0.717) is 12.2 Å². The van der Waals surface area contributed by atoms with Gasteiger partial charge in [-0.3, -0.25) is 0 Å². The predicted molar refractivity (Wildman–Crippen MR) is 61.7 cm³/mol. The van der Waals surface area contributed by atoms with Gasteiger partial charge < -0.3 is 15.7 Å². The molecule has 1 aliphatic rings. The van der Waals surface area contributed by atoms with Crippen LogP contribution in [0, 0.1) is 5.82 Å². The molecule has 1 unspecified atom stereocenters. The number of benzene rings is 1. The number of hydrogen-bond acceptors (Lipinski definition) is 3. The molecule has 0 bridgehead atoms. The first kappa shape index (κ1) is 11.4. The first-order chi connectivity index (χ1) is 7.76. The van der Waals surface area contributed by atoms with Crippen molar-refractivity contribution in [3.63, 3.8) is 0 Å². The van der Waals surface area contributed by atoms with E-state index in [2.05, 4.69) is 0 Å². The summed E-state index contributed by atoms with van der Waals surface area (Å²) in [7, 11) is 0. The maximum absolute atomic E-state index is 13.8. The SMILES string of the molecule is NCc1ccc(N2CCCC2CO)c(F)c1. The van der Waals surface area contributed by atoms with Crippen LogP contribution in [-0.4, -0.2) is 24.3 Å². The van der Waals surface area contributed by atoms with E-state index in [4.69, 9.17) is 5.73 Å². The Morgan fingerprint density at radius 3 is 2.94 bits per heavy atom. The molecule has 1 saturated heterocycles. The first-order valence-electron chi connectivity index (χ1n) is 5.62. The van der Waals surface area contributed by atoms with Crippen LogP contribution in [0.4, 0.5) is 10.1 Å². The first-order valence-corrected chi connectivity index (χ1v) is 5.62. The van der Waals surface area contributed by atoms with Crippen LogP contribution in [0.3, 0.4) is 0 Å². The fourth-order valence-corrected chi connectivity index (χ4v) is 2.25. The van der Waals surface area contributed by atoms with Crippen molar-refractivity contribution in [2.24, 2.45) is 5.73 Å². The second-order valence-corrected chi connectivity index (χ2v) is 4.16. The van der Waals surface area contributed by atoms with Crippen molar-refractivity contribution in [2.45, 2.75) is 25.4 Å². The molecule has 4 heteroatoms. The summed E-state index contributed by atoms with van der Waals surface area (Å²) < 4.78 is 13.8. The highest BCUT2D eigenvalue weighted by Gasteiger charge is 2.25. The van der Waals surface area contributed by atoms with Gasteiger partial charge in [0, 0.05) is 13.1 Å². The van der Waals surface area contributed by atoms with Gasteiger partial charge in [0.05, 0.1) is 18.3 Å². The second-order valence-electron chi connectivity index (χ2n) is 4.16. The summed E-state index contributed by atoms with van der Waals surface area (Å²) >= 11 is 0. The Kier molecular flexibility index (Phi) is 3.41. The van der Waals surface area contributed by atoms with E-state index >= 15 is 0 Å². The number of aliphatic hydroxyl groups is 1. The topological polar surface area (TPSA) is 49.5 Å². The zero-order chi connectivity index (χ0) is 11.5. The third kappa shape index (κ3) is 2.03. The Morgan fingerprint density at radius 2 is 2.31 bits per heavy atom. The predicted octanol–water partition coefficient (Wildman–Crippen LogP) is 1.25. The summed E-state index contributed by atoms with van der Waals surface area (Å²) in [4.78, 5) is 1.94. The number of halogens is 1. The summed E-state index contributed by atoms with van der Waals surface area (Å²) in [6.45, 7) is 1.24. The molecule has 1 aromatic carbocycles.